The van der Waals surface area contributed by atoms with Crippen molar-refractivity contribution in [3.63, 3.8) is 0 Å². The molecule has 1 unspecified atom stereocenters. The van der Waals surface area contributed by atoms with Crippen molar-refractivity contribution < 1.29 is 24.2 Å². The molecule has 1 aliphatic heterocycles. The predicted octanol–water partition coefficient (Wildman–Crippen LogP) is 3.28. The number of amides is 1. The SMILES string of the molecule is COc1ccc2c(c1)CC(C(=O)Nc1ccc(-c3cn[nH]c3C)cc1C(=O)O)CO2. The van der Waals surface area contributed by atoms with E-state index in [4.69, 9.17) is 9.47 Å². The number of methoxy groups -OCH3 is 1. The highest BCUT2D eigenvalue weighted by Crippen LogP contribution is 2.32. The first-order valence-electron chi connectivity index (χ1n) is 9.44. The van der Waals surface area contributed by atoms with Gasteiger partial charge in [0.1, 0.15) is 18.1 Å². The van der Waals surface area contributed by atoms with Crippen LogP contribution in [0, 0.1) is 12.8 Å². The Hall–Kier alpha value is -3.81. The molecule has 0 radical (unpaired) electrons. The van der Waals surface area contributed by atoms with Gasteiger partial charge < -0.3 is 19.9 Å². The fourth-order valence-electron chi connectivity index (χ4n) is 3.54. The Bertz CT molecular complexity index is 1120. The van der Waals surface area contributed by atoms with Gasteiger partial charge in [-0.1, -0.05) is 6.07 Å². The van der Waals surface area contributed by atoms with Gasteiger partial charge in [-0.15, -0.1) is 0 Å². The molecule has 2 heterocycles. The minimum absolute atomic E-state index is 0.0141. The second-order valence-electron chi connectivity index (χ2n) is 7.15. The standard InChI is InChI=1S/C22H21N3O5/c1-12-18(10-23-25-12)13-3-5-19(17(9-13)22(27)28)24-21(26)15-7-14-8-16(29-2)4-6-20(14)30-11-15/h3-6,8-10,15H,7,11H2,1-2H3,(H,23,25)(H,24,26)(H,27,28). The van der Waals surface area contributed by atoms with E-state index in [1.165, 1.54) is 6.07 Å². The summed E-state index contributed by atoms with van der Waals surface area (Å²) in [6.07, 6.45) is 2.12. The van der Waals surface area contributed by atoms with Crippen LogP contribution in [0.4, 0.5) is 5.69 Å². The number of aromatic carboxylic acids is 1. The number of carboxylic acid groups (broad SMARTS) is 1. The number of carbonyl (C=O) groups excluding carboxylic acids is 1. The summed E-state index contributed by atoms with van der Waals surface area (Å²) in [6, 6.07) is 10.4. The van der Waals surface area contributed by atoms with E-state index in [0.717, 1.165) is 22.6 Å². The zero-order valence-corrected chi connectivity index (χ0v) is 16.6. The summed E-state index contributed by atoms with van der Waals surface area (Å²) in [4.78, 5) is 24.7. The first-order valence-corrected chi connectivity index (χ1v) is 9.44. The van der Waals surface area contributed by atoms with E-state index in [1.54, 1.807) is 25.4 Å². The largest absolute Gasteiger partial charge is 0.497 e. The molecule has 3 aromatic rings. The van der Waals surface area contributed by atoms with E-state index < -0.39 is 11.9 Å². The highest BCUT2D eigenvalue weighted by molar-refractivity contribution is 6.02. The second kappa shape index (κ2) is 7.90. The van der Waals surface area contributed by atoms with Crippen LogP contribution in [0.5, 0.6) is 11.5 Å². The lowest BCUT2D eigenvalue weighted by molar-refractivity contribution is -0.121. The molecule has 1 atom stereocenters. The number of hydrogen-bond donors (Lipinski definition) is 3. The normalized spacial score (nSPS) is 15.1. The molecular formula is C22H21N3O5. The summed E-state index contributed by atoms with van der Waals surface area (Å²) in [7, 11) is 1.58. The minimum atomic E-state index is -1.12. The van der Waals surface area contributed by atoms with Crippen LogP contribution in [-0.2, 0) is 11.2 Å². The fraction of sp³-hybridized carbons (Fsp3) is 0.227. The maximum atomic E-state index is 12.8. The Morgan fingerprint density at radius 1 is 1.27 bits per heavy atom. The molecule has 30 heavy (non-hydrogen) atoms. The highest BCUT2D eigenvalue weighted by Gasteiger charge is 2.27. The maximum absolute atomic E-state index is 12.8. The number of rotatable bonds is 5. The molecular weight excluding hydrogens is 386 g/mol. The average molecular weight is 407 g/mol. The topological polar surface area (TPSA) is 114 Å². The van der Waals surface area contributed by atoms with Gasteiger partial charge in [-0.2, -0.15) is 5.10 Å². The third kappa shape index (κ3) is 3.71. The molecule has 0 bridgehead atoms. The van der Waals surface area contributed by atoms with Crippen molar-refractivity contribution in [3.8, 4) is 22.6 Å². The van der Waals surface area contributed by atoms with Gasteiger partial charge in [0.05, 0.1) is 30.5 Å². The van der Waals surface area contributed by atoms with Crippen LogP contribution in [0.3, 0.4) is 0 Å². The molecule has 8 nitrogen and oxygen atoms in total. The Kier molecular flexibility index (Phi) is 5.14. The van der Waals surface area contributed by atoms with Crippen LogP contribution in [0.25, 0.3) is 11.1 Å². The molecule has 0 saturated heterocycles. The monoisotopic (exact) mass is 407 g/mol. The van der Waals surface area contributed by atoms with Gasteiger partial charge in [-0.05, 0) is 54.8 Å². The zero-order chi connectivity index (χ0) is 21.3. The predicted molar refractivity (Wildman–Crippen MR) is 110 cm³/mol. The number of carbonyl (C=O) groups is 2. The first kappa shape index (κ1) is 19.5. The summed E-state index contributed by atoms with van der Waals surface area (Å²) >= 11 is 0. The number of ether oxygens (including phenoxy) is 2. The summed E-state index contributed by atoms with van der Waals surface area (Å²) in [5.74, 6) is -0.439. The molecule has 1 aromatic heterocycles. The summed E-state index contributed by atoms with van der Waals surface area (Å²) < 4.78 is 10.9. The van der Waals surface area contributed by atoms with Crippen molar-refractivity contribution >= 4 is 17.6 Å². The lowest BCUT2D eigenvalue weighted by Gasteiger charge is -2.25. The van der Waals surface area contributed by atoms with Crippen LogP contribution in [0.2, 0.25) is 0 Å². The molecule has 1 amide bonds. The zero-order valence-electron chi connectivity index (χ0n) is 16.6. The van der Waals surface area contributed by atoms with E-state index in [2.05, 4.69) is 15.5 Å². The lowest BCUT2D eigenvalue weighted by Crippen LogP contribution is -2.33. The number of nitrogens with one attached hydrogen (secondary N) is 2. The van der Waals surface area contributed by atoms with Gasteiger partial charge >= 0.3 is 5.97 Å². The number of H-pyrrole nitrogens is 1. The van der Waals surface area contributed by atoms with Crippen LogP contribution >= 0.6 is 0 Å². The molecule has 3 N–H and O–H groups in total. The van der Waals surface area contributed by atoms with Gasteiger partial charge in [0.15, 0.2) is 0 Å². The number of anilines is 1. The summed E-state index contributed by atoms with van der Waals surface area (Å²) in [6.45, 7) is 2.08. The van der Waals surface area contributed by atoms with Crippen LogP contribution in [0.15, 0.2) is 42.6 Å². The number of nitrogens with zero attached hydrogens (tertiary/aromatic N) is 1. The molecule has 4 rings (SSSR count). The van der Waals surface area contributed by atoms with E-state index in [9.17, 15) is 14.7 Å². The van der Waals surface area contributed by atoms with Crippen molar-refractivity contribution in [3.05, 3.63) is 59.4 Å². The number of aromatic amines is 1. The molecule has 154 valence electrons. The molecule has 0 spiro atoms. The second-order valence-corrected chi connectivity index (χ2v) is 7.15. The molecule has 0 saturated carbocycles. The van der Waals surface area contributed by atoms with Crippen molar-refractivity contribution in [2.45, 2.75) is 13.3 Å². The quantitative estimate of drug-likeness (QED) is 0.598. The maximum Gasteiger partial charge on any atom is 0.337 e. The van der Waals surface area contributed by atoms with Crippen LogP contribution in [0.1, 0.15) is 21.6 Å². The average Bonchev–Trinajstić information content (AvgIpc) is 3.18. The molecule has 0 aliphatic carbocycles. The number of carboxylic acids is 1. The molecule has 8 heteroatoms. The summed E-state index contributed by atoms with van der Waals surface area (Å²) in [5.41, 5.74) is 3.48. The van der Waals surface area contributed by atoms with E-state index in [-0.39, 0.29) is 23.8 Å². The number of fused-ring (bicyclic) bond motifs is 1. The first-order chi connectivity index (χ1) is 14.5. The van der Waals surface area contributed by atoms with E-state index >= 15 is 0 Å². The van der Waals surface area contributed by atoms with Gasteiger partial charge in [-0.3, -0.25) is 9.89 Å². The lowest BCUT2D eigenvalue weighted by atomic mass is 9.95. The van der Waals surface area contributed by atoms with Crippen molar-refractivity contribution in [2.75, 3.05) is 19.0 Å². The Balaban J connectivity index is 1.55. The minimum Gasteiger partial charge on any atom is -0.497 e. The van der Waals surface area contributed by atoms with Crippen LogP contribution in [-0.4, -0.2) is 40.9 Å². The van der Waals surface area contributed by atoms with E-state index in [1.807, 2.05) is 25.1 Å². The van der Waals surface area contributed by atoms with Gasteiger partial charge in [-0.25, -0.2) is 4.79 Å². The Labute approximate surface area is 172 Å². The number of hydrogen-bond acceptors (Lipinski definition) is 5. The van der Waals surface area contributed by atoms with Crippen LogP contribution < -0.4 is 14.8 Å². The fourth-order valence-corrected chi connectivity index (χ4v) is 3.54. The number of aromatic nitrogens is 2. The number of aryl methyl sites for hydroxylation is 1. The third-order valence-electron chi connectivity index (χ3n) is 5.19. The highest BCUT2D eigenvalue weighted by atomic mass is 16.5. The molecule has 0 fully saturated rings. The number of benzene rings is 2. The van der Waals surface area contributed by atoms with Crippen molar-refractivity contribution in [1.29, 1.82) is 0 Å². The molecule has 2 aromatic carbocycles. The van der Waals surface area contributed by atoms with E-state index in [0.29, 0.717) is 17.7 Å². The smallest absolute Gasteiger partial charge is 0.337 e. The Morgan fingerprint density at radius 3 is 2.80 bits per heavy atom. The third-order valence-corrected chi connectivity index (χ3v) is 5.19. The van der Waals surface area contributed by atoms with Crippen molar-refractivity contribution in [1.82, 2.24) is 10.2 Å². The Morgan fingerprint density at radius 2 is 2.10 bits per heavy atom. The van der Waals surface area contributed by atoms with Gasteiger partial charge in [0, 0.05) is 11.3 Å². The molecule has 1 aliphatic rings. The van der Waals surface area contributed by atoms with Gasteiger partial charge in [0.2, 0.25) is 5.91 Å². The summed E-state index contributed by atoms with van der Waals surface area (Å²) in [5, 5.41) is 19.2. The van der Waals surface area contributed by atoms with Gasteiger partial charge in [0.25, 0.3) is 0 Å². The van der Waals surface area contributed by atoms with Crippen molar-refractivity contribution in [2.24, 2.45) is 5.92 Å².